The Morgan fingerprint density at radius 2 is 1.66 bits per heavy atom. The maximum Gasteiger partial charge on any atom is 0.160 e. The van der Waals surface area contributed by atoms with E-state index in [1.54, 1.807) is 20.5 Å². The minimum absolute atomic E-state index is 0.430. The first-order valence-electron chi connectivity index (χ1n) is 9.73. The molecule has 1 heterocycles. The zero-order valence-electron chi connectivity index (χ0n) is 17.4. The van der Waals surface area contributed by atoms with E-state index >= 15 is 0 Å². The molecule has 6 nitrogen and oxygen atoms in total. The highest BCUT2D eigenvalue weighted by Gasteiger charge is 2.08. The quantitative estimate of drug-likeness (QED) is 0.533. The number of aromatic nitrogens is 2. The second kappa shape index (κ2) is 9.78. The van der Waals surface area contributed by atoms with Gasteiger partial charge in [0.15, 0.2) is 11.5 Å². The van der Waals surface area contributed by atoms with Gasteiger partial charge in [0.05, 0.1) is 14.2 Å². The summed E-state index contributed by atoms with van der Waals surface area (Å²) in [4.78, 5) is 8.67. The first-order chi connectivity index (χ1) is 14.1. The molecule has 0 fully saturated rings. The first kappa shape index (κ1) is 20.5. The number of methoxy groups -OCH3 is 2. The van der Waals surface area contributed by atoms with Gasteiger partial charge >= 0.3 is 0 Å². The van der Waals surface area contributed by atoms with Crippen molar-refractivity contribution >= 4 is 17.3 Å². The molecule has 0 spiro atoms. The zero-order chi connectivity index (χ0) is 20.6. The Morgan fingerprint density at radius 1 is 0.897 bits per heavy atom. The molecule has 2 aromatic carbocycles. The van der Waals surface area contributed by atoms with Crippen LogP contribution in [0.15, 0.2) is 54.9 Å². The van der Waals surface area contributed by atoms with Crippen LogP contribution in [-0.4, -0.2) is 30.7 Å². The van der Waals surface area contributed by atoms with E-state index in [1.165, 1.54) is 5.56 Å². The third-order valence-corrected chi connectivity index (χ3v) is 4.68. The summed E-state index contributed by atoms with van der Waals surface area (Å²) in [7, 11) is 3.28. The fourth-order valence-electron chi connectivity index (χ4n) is 3.15. The molecule has 6 heteroatoms. The average molecular weight is 393 g/mol. The van der Waals surface area contributed by atoms with E-state index in [-0.39, 0.29) is 0 Å². The normalized spacial score (nSPS) is 10.7. The predicted molar refractivity (Wildman–Crippen MR) is 118 cm³/mol. The van der Waals surface area contributed by atoms with Crippen molar-refractivity contribution in [2.75, 3.05) is 31.4 Å². The van der Waals surface area contributed by atoms with E-state index in [9.17, 15) is 0 Å². The summed E-state index contributed by atoms with van der Waals surface area (Å²) < 4.78 is 10.7. The summed E-state index contributed by atoms with van der Waals surface area (Å²) in [5.74, 6) is 3.45. The van der Waals surface area contributed by atoms with Crippen molar-refractivity contribution < 1.29 is 9.47 Å². The summed E-state index contributed by atoms with van der Waals surface area (Å²) in [6, 6.07) is 16.2. The molecule has 1 aromatic heterocycles. The van der Waals surface area contributed by atoms with E-state index in [4.69, 9.17) is 9.47 Å². The van der Waals surface area contributed by atoms with Crippen LogP contribution >= 0.6 is 0 Å². The van der Waals surface area contributed by atoms with Crippen molar-refractivity contribution in [3.8, 4) is 11.5 Å². The Morgan fingerprint density at radius 3 is 2.41 bits per heavy atom. The average Bonchev–Trinajstić information content (AvgIpc) is 2.74. The molecule has 0 bridgehead atoms. The zero-order valence-corrected chi connectivity index (χ0v) is 17.4. The monoisotopic (exact) mass is 392 g/mol. The summed E-state index contributed by atoms with van der Waals surface area (Å²) in [5, 5.41) is 6.77. The fraction of sp³-hybridized carbons (Fsp3) is 0.304. The van der Waals surface area contributed by atoms with Gasteiger partial charge in [0.2, 0.25) is 0 Å². The molecule has 0 unspecified atom stereocenters. The summed E-state index contributed by atoms with van der Waals surface area (Å²) in [5.41, 5.74) is 3.49. The van der Waals surface area contributed by atoms with Crippen LogP contribution in [0.3, 0.4) is 0 Å². The lowest BCUT2D eigenvalue weighted by atomic mass is 10.0. The molecule has 0 saturated heterocycles. The van der Waals surface area contributed by atoms with E-state index in [2.05, 4.69) is 52.6 Å². The first-order valence-corrected chi connectivity index (χ1v) is 9.73. The molecular weight excluding hydrogens is 364 g/mol. The van der Waals surface area contributed by atoms with Crippen molar-refractivity contribution in [1.82, 2.24) is 9.97 Å². The molecule has 3 rings (SSSR count). The van der Waals surface area contributed by atoms with Crippen LogP contribution in [0.25, 0.3) is 0 Å². The van der Waals surface area contributed by atoms with Gasteiger partial charge in [-0.3, -0.25) is 0 Å². The second-order valence-corrected chi connectivity index (χ2v) is 7.02. The maximum absolute atomic E-state index is 5.37. The van der Waals surface area contributed by atoms with Gasteiger partial charge in [-0.15, -0.1) is 0 Å². The second-order valence-electron chi connectivity index (χ2n) is 7.02. The molecule has 29 heavy (non-hydrogen) atoms. The van der Waals surface area contributed by atoms with Crippen molar-refractivity contribution in [1.29, 1.82) is 0 Å². The smallest absolute Gasteiger partial charge is 0.160 e. The molecular formula is C23H28N4O2. The van der Waals surface area contributed by atoms with Crippen molar-refractivity contribution in [3.63, 3.8) is 0 Å². The van der Waals surface area contributed by atoms with Crippen LogP contribution in [0.5, 0.6) is 11.5 Å². The van der Waals surface area contributed by atoms with Gasteiger partial charge in [0.25, 0.3) is 0 Å². The van der Waals surface area contributed by atoms with Crippen LogP contribution in [0.1, 0.15) is 30.9 Å². The number of benzene rings is 2. The number of nitrogens with zero attached hydrogens (tertiary/aromatic N) is 2. The lowest BCUT2D eigenvalue weighted by Crippen LogP contribution is -2.07. The third-order valence-electron chi connectivity index (χ3n) is 4.68. The molecule has 3 aromatic rings. The Bertz CT molecular complexity index is 944. The van der Waals surface area contributed by atoms with Crippen LogP contribution < -0.4 is 20.1 Å². The lowest BCUT2D eigenvalue weighted by molar-refractivity contribution is 0.354. The number of ether oxygens (including phenoxy) is 2. The molecule has 0 radical (unpaired) electrons. The Hall–Kier alpha value is -3.28. The Balaban J connectivity index is 1.62. The molecule has 0 aliphatic carbocycles. The fourth-order valence-corrected chi connectivity index (χ4v) is 3.15. The molecule has 0 amide bonds. The third kappa shape index (κ3) is 5.38. The van der Waals surface area contributed by atoms with Gasteiger partial charge in [-0.25, -0.2) is 9.97 Å². The van der Waals surface area contributed by atoms with Crippen LogP contribution in [0.4, 0.5) is 17.3 Å². The Kier molecular flexibility index (Phi) is 6.89. The lowest BCUT2D eigenvalue weighted by Gasteiger charge is -2.14. The Labute approximate surface area is 172 Å². The number of anilines is 3. The number of nitrogens with one attached hydrogen (secondary N) is 2. The van der Waals surface area contributed by atoms with Gasteiger partial charge in [-0.05, 0) is 41.7 Å². The molecule has 0 aliphatic rings. The summed E-state index contributed by atoms with van der Waals surface area (Å²) >= 11 is 0. The highest BCUT2D eigenvalue weighted by molar-refractivity contribution is 5.63. The van der Waals surface area contributed by atoms with Gasteiger partial charge < -0.3 is 20.1 Å². The number of rotatable bonds is 9. The van der Waals surface area contributed by atoms with Gasteiger partial charge in [-0.1, -0.05) is 38.1 Å². The summed E-state index contributed by atoms with van der Waals surface area (Å²) in [6.07, 6.45) is 2.41. The highest BCUT2D eigenvalue weighted by atomic mass is 16.5. The van der Waals surface area contributed by atoms with Gasteiger partial charge in [-0.2, -0.15) is 0 Å². The standard InChI is InChI=1S/C23H28N4O2/c1-16(2)18-7-5-6-8-19(18)27-23-14-22(25-15-26-23)24-12-11-17-9-10-20(28-3)21(13-17)29-4/h5-10,13-16H,11-12H2,1-4H3,(H2,24,25,26,27). The molecule has 0 saturated carbocycles. The van der Waals surface area contributed by atoms with Crippen molar-refractivity contribution in [3.05, 3.63) is 66.0 Å². The maximum atomic E-state index is 5.37. The SMILES string of the molecule is COc1ccc(CCNc2cc(Nc3ccccc3C(C)C)ncn2)cc1OC. The molecule has 152 valence electrons. The van der Waals surface area contributed by atoms with Crippen molar-refractivity contribution in [2.24, 2.45) is 0 Å². The van der Waals surface area contributed by atoms with E-state index in [0.29, 0.717) is 5.92 Å². The van der Waals surface area contributed by atoms with Gasteiger partial charge in [0.1, 0.15) is 18.0 Å². The van der Waals surface area contributed by atoms with E-state index in [1.807, 2.05) is 30.3 Å². The predicted octanol–water partition coefficient (Wildman–Crippen LogP) is 5.02. The number of hydrogen-bond donors (Lipinski definition) is 2. The number of para-hydroxylation sites is 1. The van der Waals surface area contributed by atoms with Crippen LogP contribution in [0.2, 0.25) is 0 Å². The van der Waals surface area contributed by atoms with E-state index < -0.39 is 0 Å². The molecule has 2 N–H and O–H groups in total. The van der Waals surface area contributed by atoms with Gasteiger partial charge in [0, 0.05) is 18.3 Å². The molecule has 0 aliphatic heterocycles. The number of hydrogen-bond acceptors (Lipinski definition) is 6. The van der Waals surface area contributed by atoms with Crippen molar-refractivity contribution in [2.45, 2.75) is 26.2 Å². The topological polar surface area (TPSA) is 68.3 Å². The van der Waals surface area contributed by atoms with Crippen LogP contribution in [-0.2, 0) is 6.42 Å². The van der Waals surface area contributed by atoms with Crippen LogP contribution in [0, 0.1) is 0 Å². The largest absolute Gasteiger partial charge is 0.493 e. The minimum atomic E-state index is 0.430. The van der Waals surface area contributed by atoms with E-state index in [0.717, 1.165) is 47.4 Å². The minimum Gasteiger partial charge on any atom is -0.493 e. The highest BCUT2D eigenvalue weighted by Crippen LogP contribution is 2.28. The molecule has 0 atom stereocenters. The summed E-state index contributed by atoms with van der Waals surface area (Å²) in [6.45, 7) is 5.11.